The molecule has 0 radical (unpaired) electrons. The molecule has 2 N–H and O–H groups in total. The van der Waals surface area contributed by atoms with Gasteiger partial charge >= 0.3 is 0 Å². The summed E-state index contributed by atoms with van der Waals surface area (Å²) in [5.74, 6) is 1.54. The average Bonchev–Trinajstić information content (AvgIpc) is 2.97. The molecule has 1 unspecified atom stereocenters. The number of nitrogens with zero attached hydrogens (tertiary/aromatic N) is 2. The lowest BCUT2D eigenvalue weighted by molar-refractivity contribution is 0.0953. The molecule has 1 aromatic rings. The summed E-state index contributed by atoms with van der Waals surface area (Å²) >= 11 is 0. The van der Waals surface area contributed by atoms with Crippen LogP contribution in [0.2, 0.25) is 0 Å². The van der Waals surface area contributed by atoms with Crippen LogP contribution in [-0.2, 0) is 4.74 Å². The Morgan fingerprint density at radius 1 is 1.45 bits per heavy atom. The summed E-state index contributed by atoms with van der Waals surface area (Å²) in [6.45, 7) is 7.07. The fourth-order valence-corrected chi connectivity index (χ4v) is 2.54. The summed E-state index contributed by atoms with van der Waals surface area (Å²) in [5, 5.41) is 6.11. The largest absolute Gasteiger partial charge is 0.383 e. The Balaban J connectivity index is 1.80. The van der Waals surface area contributed by atoms with E-state index < -0.39 is 0 Å². The summed E-state index contributed by atoms with van der Waals surface area (Å²) in [5.41, 5.74) is 0.668. The van der Waals surface area contributed by atoms with E-state index in [2.05, 4.69) is 27.4 Å². The second-order valence-electron chi connectivity index (χ2n) is 5.74. The van der Waals surface area contributed by atoms with E-state index in [0.29, 0.717) is 24.6 Å². The van der Waals surface area contributed by atoms with Gasteiger partial charge in [-0.05, 0) is 24.5 Å². The number of methoxy groups -OCH3 is 1. The first-order valence-electron chi connectivity index (χ1n) is 7.89. The molecule has 2 rings (SSSR count). The summed E-state index contributed by atoms with van der Waals surface area (Å²) in [6, 6.07) is 3.64. The van der Waals surface area contributed by atoms with Crippen molar-refractivity contribution in [3.8, 4) is 0 Å². The second kappa shape index (κ2) is 8.70. The molecule has 1 fully saturated rings. The number of hydrogen-bond acceptors (Lipinski definition) is 5. The van der Waals surface area contributed by atoms with Crippen molar-refractivity contribution in [1.82, 2.24) is 15.6 Å². The van der Waals surface area contributed by atoms with Gasteiger partial charge in [-0.25, -0.2) is 4.98 Å². The molecule has 0 aliphatic carbocycles. The molecule has 0 aromatic carbocycles. The van der Waals surface area contributed by atoms with Crippen LogP contribution >= 0.6 is 0 Å². The highest BCUT2D eigenvalue weighted by Crippen LogP contribution is 2.22. The van der Waals surface area contributed by atoms with Crippen LogP contribution < -0.4 is 15.5 Å². The van der Waals surface area contributed by atoms with Crippen LogP contribution in [0.4, 0.5) is 5.82 Å². The highest BCUT2D eigenvalue weighted by Gasteiger charge is 2.20. The summed E-state index contributed by atoms with van der Waals surface area (Å²) in [6.07, 6.45) is 2.90. The molecule has 1 saturated heterocycles. The molecule has 22 heavy (non-hydrogen) atoms. The van der Waals surface area contributed by atoms with Crippen LogP contribution in [0.3, 0.4) is 0 Å². The number of amides is 1. The van der Waals surface area contributed by atoms with E-state index in [9.17, 15) is 4.79 Å². The highest BCUT2D eigenvalue weighted by molar-refractivity contribution is 5.94. The van der Waals surface area contributed by atoms with Crippen LogP contribution in [0, 0.1) is 5.92 Å². The zero-order valence-electron chi connectivity index (χ0n) is 13.5. The number of anilines is 1. The van der Waals surface area contributed by atoms with E-state index in [4.69, 9.17) is 4.74 Å². The number of ether oxygens (including phenoxy) is 1. The Kier molecular flexibility index (Phi) is 6.61. The molecule has 2 heterocycles. The van der Waals surface area contributed by atoms with Crippen molar-refractivity contribution < 1.29 is 9.53 Å². The first kappa shape index (κ1) is 16.7. The molecule has 6 nitrogen and oxygen atoms in total. The number of hydrogen-bond donors (Lipinski definition) is 2. The Hall–Kier alpha value is -1.66. The van der Waals surface area contributed by atoms with Gasteiger partial charge in [0.15, 0.2) is 0 Å². The van der Waals surface area contributed by atoms with Gasteiger partial charge in [0.05, 0.1) is 6.61 Å². The third-order valence-corrected chi connectivity index (χ3v) is 3.83. The Morgan fingerprint density at radius 3 is 3.05 bits per heavy atom. The summed E-state index contributed by atoms with van der Waals surface area (Å²) in [7, 11) is 1.67. The fraction of sp³-hybridized carbons (Fsp3) is 0.625. The number of carbonyl (C=O) groups excluding carboxylic acids is 1. The molecule has 0 saturated carbocycles. The normalized spacial score (nSPS) is 17.7. The van der Waals surface area contributed by atoms with Gasteiger partial charge in [0.25, 0.3) is 5.91 Å². The molecule has 0 bridgehead atoms. The van der Waals surface area contributed by atoms with E-state index in [1.54, 1.807) is 19.4 Å². The quantitative estimate of drug-likeness (QED) is 0.698. The number of rotatable bonds is 8. The first-order chi connectivity index (χ1) is 10.7. The third kappa shape index (κ3) is 4.96. The number of nitrogens with one attached hydrogen (secondary N) is 2. The van der Waals surface area contributed by atoms with Crippen LogP contribution in [0.25, 0.3) is 0 Å². The van der Waals surface area contributed by atoms with Crippen LogP contribution in [0.5, 0.6) is 0 Å². The summed E-state index contributed by atoms with van der Waals surface area (Å²) < 4.78 is 4.95. The van der Waals surface area contributed by atoms with Crippen LogP contribution in [0.1, 0.15) is 23.7 Å². The maximum atomic E-state index is 12.2. The molecule has 1 amide bonds. The molecule has 1 aromatic heterocycles. The number of carbonyl (C=O) groups is 1. The minimum Gasteiger partial charge on any atom is -0.383 e. The minimum atomic E-state index is -0.0514. The molecular formula is C16H26N4O2. The topological polar surface area (TPSA) is 66.5 Å². The lowest BCUT2D eigenvalue weighted by atomic mass is 10.2. The molecule has 0 spiro atoms. The average molecular weight is 306 g/mol. The van der Waals surface area contributed by atoms with E-state index in [-0.39, 0.29) is 5.91 Å². The van der Waals surface area contributed by atoms with Gasteiger partial charge < -0.3 is 20.3 Å². The SMILES string of the molecule is COCCNCCNC(=O)c1ccnc(N2CCC(C)C2)c1. The van der Waals surface area contributed by atoms with Gasteiger partial charge in [-0.1, -0.05) is 6.92 Å². The van der Waals surface area contributed by atoms with Crippen molar-refractivity contribution in [3.63, 3.8) is 0 Å². The monoisotopic (exact) mass is 306 g/mol. The van der Waals surface area contributed by atoms with Crippen molar-refractivity contribution in [2.24, 2.45) is 5.92 Å². The first-order valence-corrected chi connectivity index (χ1v) is 7.89. The molecule has 1 aliphatic heterocycles. The number of pyridine rings is 1. The smallest absolute Gasteiger partial charge is 0.251 e. The number of aromatic nitrogens is 1. The predicted molar refractivity (Wildman–Crippen MR) is 87.3 cm³/mol. The van der Waals surface area contributed by atoms with Crippen molar-refractivity contribution >= 4 is 11.7 Å². The molecule has 6 heteroatoms. The van der Waals surface area contributed by atoms with Crippen molar-refractivity contribution in [2.75, 3.05) is 51.3 Å². The molecular weight excluding hydrogens is 280 g/mol. The Morgan fingerprint density at radius 2 is 2.32 bits per heavy atom. The van der Waals surface area contributed by atoms with E-state index in [0.717, 1.165) is 32.0 Å². The van der Waals surface area contributed by atoms with Gasteiger partial charge in [-0.15, -0.1) is 0 Å². The lowest BCUT2D eigenvalue weighted by Gasteiger charge is -2.17. The van der Waals surface area contributed by atoms with Crippen molar-refractivity contribution in [2.45, 2.75) is 13.3 Å². The minimum absolute atomic E-state index is 0.0514. The molecule has 1 atom stereocenters. The zero-order chi connectivity index (χ0) is 15.8. The second-order valence-corrected chi connectivity index (χ2v) is 5.74. The van der Waals surface area contributed by atoms with Crippen LogP contribution in [0.15, 0.2) is 18.3 Å². The third-order valence-electron chi connectivity index (χ3n) is 3.83. The lowest BCUT2D eigenvalue weighted by Crippen LogP contribution is -2.33. The van der Waals surface area contributed by atoms with Gasteiger partial charge in [0, 0.05) is 51.6 Å². The van der Waals surface area contributed by atoms with E-state index in [1.165, 1.54) is 6.42 Å². The van der Waals surface area contributed by atoms with Crippen molar-refractivity contribution in [1.29, 1.82) is 0 Å². The molecule has 1 aliphatic rings. The zero-order valence-corrected chi connectivity index (χ0v) is 13.5. The Labute approximate surface area is 132 Å². The standard InChI is InChI=1S/C16H26N4O2/c1-13-4-9-20(12-13)15-11-14(3-5-18-15)16(21)19-7-6-17-8-10-22-2/h3,5,11,13,17H,4,6-10,12H2,1-2H3,(H,19,21). The van der Waals surface area contributed by atoms with Gasteiger partial charge in [0.2, 0.25) is 0 Å². The van der Waals surface area contributed by atoms with E-state index in [1.807, 2.05) is 6.07 Å². The maximum Gasteiger partial charge on any atom is 0.251 e. The maximum absolute atomic E-state index is 12.2. The van der Waals surface area contributed by atoms with Crippen LogP contribution in [-0.4, -0.2) is 57.3 Å². The predicted octanol–water partition coefficient (Wildman–Crippen LogP) is 0.894. The van der Waals surface area contributed by atoms with Gasteiger partial charge in [0.1, 0.15) is 5.82 Å². The Bertz CT molecular complexity index is 481. The van der Waals surface area contributed by atoms with E-state index >= 15 is 0 Å². The highest BCUT2D eigenvalue weighted by atomic mass is 16.5. The summed E-state index contributed by atoms with van der Waals surface area (Å²) in [4.78, 5) is 18.8. The van der Waals surface area contributed by atoms with Crippen molar-refractivity contribution in [3.05, 3.63) is 23.9 Å². The van der Waals surface area contributed by atoms with Gasteiger partial charge in [-0.2, -0.15) is 0 Å². The molecule has 122 valence electrons. The fourth-order valence-electron chi connectivity index (χ4n) is 2.54. The van der Waals surface area contributed by atoms with Gasteiger partial charge in [-0.3, -0.25) is 4.79 Å².